The number of nitrogens with two attached hydrogens (primary N) is 1. The molecule has 0 heterocycles. The molecule has 22 heavy (non-hydrogen) atoms. The molecular weight excluding hydrogens is 266 g/mol. The Morgan fingerprint density at radius 1 is 0.727 bits per heavy atom. The van der Waals surface area contributed by atoms with Crippen molar-refractivity contribution in [1.82, 2.24) is 0 Å². The first-order valence-corrected chi connectivity index (χ1v) is 9.38. The van der Waals surface area contributed by atoms with E-state index in [4.69, 9.17) is 0 Å². The summed E-state index contributed by atoms with van der Waals surface area (Å²) in [6.07, 6.45) is 15.5. The third kappa shape index (κ3) is 10.00. The molecule has 2 N–H and O–H groups in total. The molecule has 128 valence electrons. The molecule has 0 spiro atoms. The molecule has 1 aromatic rings. The van der Waals surface area contributed by atoms with Crippen molar-refractivity contribution in [1.29, 1.82) is 0 Å². The zero-order valence-electron chi connectivity index (χ0n) is 15.6. The van der Waals surface area contributed by atoms with Gasteiger partial charge in [-0.1, -0.05) is 82.9 Å². The highest BCUT2D eigenvalue weighted by atomic mass is 14.4. The van der Waals surface area contributed by atoms with Crippen LogP contribution in [0.3, 0.4) is 0 Å². The van der Waals surface area contributed by atoms with E-state index in [1.807, 2.05) is 0 Å². The molecule has 0 amide bonds. The van der Waals surface area contributed by atoms with E-state index in [1.54, 1.807) is 5.56 Å². The van der Waals surface area contributed by atoms with Crippen molar-refractivity contribution < 1.29 is 0 Å². The Morgan fingerprint density at radius 2 is 1.23 bits per heavy atom. The van der Waals surface area contributed by atoms with Gasteiger partial charge in [0.1, 0.15) is 0 Å². The molecule has 0 bridgehead atoms. The van der Waals surface area contributed by atoms with E-state index in [-0.39, 0.29) is 0 Å². The smallest absolute Gasteiger partial charge is 0.0195 e. The van der Waals surface area contributed by atoms with Crippen LogP contribution in [-0.2, 0) is 6.42 Å². The molecule has 1 heteroatoms. The van der Waals surface area contributed by atoms with Crippen LogP contribution in [0.2, 0.25) is 0 Å². The molecule has 0 fully saturated rings. The van der Waals surface area contributed by atoms with E-state index >= 15 is 0 Å². The minimum atomic E-state index is 1.27. The Balaban J connectivity index is 0.00000211. The molecule has 0 saturated carbocycles. The summed E-state index contributed by atoms with van der Waals surface area (Å²) >= 11 is 0. The zero-order valence-corrected chi connectivity index (χ0v) is 15.6. The summed E-state index contributed by atoms with van der Waals surface area (Å²) in [4.78, 5) is 0. The number of hydrogen-bond donors (Lipinski definition) is 1. The van der Waals surface area contributed by atoms with Gasteiger partial charge in [-0.15, -0.1) is 0 Å². The molecule has 0 aliphatic heterocycles. The Kier molecular flexibility index (Phi) is 14.5. The van der Waals surface area contributed by atoms with E-state index in [1.165, 1.54) is 88.8 Å². The van der Waals surface area contributed by atoms with Gasteiger partial charge in [-0.2, -0.15) is 0 Å². The highest BCUT2D eigenvalue weighted by Gasteiger charge is 2.00. The molecule has 0 aliphatic carbocycles. The molecule has 1 rings (SSSR count). The van der Waals surface area contributed by atoms with Gasteiger partial charge in [0.2, 0.25) is 0 Å². The minimum Gasteiger partial charge on any atom is -0.333 e. The van der Waals surface area contributed by atoms with Crippen molar-refractivity contribution in [2.75, 3.05) is 7.05 Å². The standard InChI is InChI=1S/C20H34.CH5N/c1-4-5-6-7-8-9-10-11-12-13-16-20-17-14-15-18(2)19(20)3;1-2/h14-15,17H,4-13,16H2,1-3H3;2H2,1H3. The van der Waals surface area contributed by atoms with Gasteiger partial charge in [0.15, 0.2) is 0 Å². The second-order valence-electron chi connectivity index (χ2n) is 6.29. The summed E-state index contributed by atoms with van der Waals surface area (Å²) in [5, 5.41) is 0. The Morgan fingerprint density at radius 3 is 1.77 bits per heavy atom. The quantitative estimate of drug-likeness (QED) is 0.474. The summed E-state index contributed by atoms with van der Waals surface area (Å²) < 4.78 is 0. The largest absolute Gasteiger partial charge is 0.333 e. The maximum atomic E-state index is 4.50. The molecule has 0 aromatic heterocycles. The highest BCUT2D eigenvalue weighted by molar-refractivity contribution is 5.33. The van der Waals surface area contributed by atoms with Crippen molar-refractivity contribution in [2.24, 2.45) is 5.73 Å². The third-order valence-corrected chi connectivity index (χ3v) is 4.52. The molecule has 0 aliphatic rings. The number of unbranched alkanes of at least 4 members (excludes halogenated alkanes) is 9. The fourth-order valence-corrected chi connectivity index (χ4v) is 2.89. The summed E-state index contributed by atoms with van der Waals surface area (Å²) in [7, 11) is 1.50. The van der Waals surface area contributed by atoms with Gasteiger partial charge in [-0.3, -0.25) is 0 Å². The van der Waals surface area contributed by atoms with Crippen LogP contribution in [-0.4, -0.2) is 7.05 Å². The lowest BCUT2D eigenvalue weighted by Gasteiger charge is -2.08. The second-order valence-corrected chi connectivity index (χ2v) is 6.29. The van der Waals surface area contributed by atoms with Crippen molar-refractivity contribution in [3.63, 3.8) is 0 Å². The molecule has 1 nitrogen and oxygen atoms in total. The van der Waals surface area contributed by atoms with Gasteiger partial charge in [0.25, 0.3) is 0 Å². The van der Waals surface area contributed by atoms with Gasteiger partial charge in [-0.25, -0.2) is 0 Å². The average molecular weight is 306 g/mol. The Bertz CT molecular complexity index is 357. The lowest BCUT2D eigenvalue weighted by Crippen LogP contribution is -1.92. The summed E-state index contributed by atoms with van der Waals surface area (Å²) in [5.74, 6) is 0. The van der Waals surface area contributed by atoms with Crippen LogP contribution in [0.15, 0.2) is 18.2 Å². The average Bonchev–Trinajstić information content (AvgIpc) is 2.55. The summed E-state index contributed by atoms with van der Waals surface area (Å²) in [6, 6.07) is 6.72. The minimum absolute atomic E-state index is 1.27. The van der Waals surface area contributed by atoms with Gasteiger partial charge >= 0.3 is 0 Å². The van der Waals surface area contributed by atoms with Gasteiger partial charge in [-0.05, 0) is 50.4 Å². The Labute approximate surface area is 139 Å². The summed E-state index contributed by atoms with van der Waals surface area (Å²) in [5.41, 5.74) is 9.00. The highest BCUT2D eigenvalue weighted by Crippen LogP contribution is 2.16. The first-order valence-electron chi connectivity index (χ1n) is 9.38. The predicted molar refractivity (Wildman–Crippen MR) is 102 cm³/mol. The van der Waals surface area contributed by atoms with Crippen LogP contribution in [0.1, 0.15) is 87.8 Å². The number of rotatable bonds is 11. The van der Waals surface area contributed by atoms with Gasteiger partial charge < -0.3 is 5.73 Å². The fraction of sp³-hybridized carbons (Fsp3) is 0.714. The summed E-state index contributed by atoms with van der Waals surface area (Å²) in [6.45, 7) is 6.77. The van der Waals surface area contributed by atoms with E-state index < -0.39 is 0 Å². The lowest BCUT2D eigenvalue weighted by atomic mass is 9.98. The van der Waals surface area contributed by atoms with E-state index in [2.05, 4.69) is 44.7 Å². The second kappa shape index (κ2) is 15.1. The lowest BCUT2D eigenvalue weighted by molar-refractivity contribution is 0.556. The van der Waals surface area contributed by atoms with Gasteiger partial charge in [0, 0.05) is 0 Å². The maximum Gasteiger partial charge on any atom is -0.0195 e. The molecule has 0 saturated heterocycles. The van der Waals surface area contributed by atoms with Crippen LogP contribution in [0.4, 0.5) is 0 Å². The SMILES string of the molecule is CCCCCCCCCCCCc1cccc(C)c1C.CN. The molecule has 1 aromatic carbocycles. The first-order chi connectivity index (χ1) is 10.8. The molecule has 0 radical (unpaired) electrons. The number of aryl methyl sites for hydroxylation is 2. The normalized spacial score (nSPS) is 10.2. The van der Waals surface area contributed by atoms with Crippen molar-refractivity contribution >= 4 is 0 Å². The predicted octanol–water partition coefficient (Wildman–Crippen LogP) is 6.34. The van der Waals surface area contributed by atoms with Gasteiger partial charge in [0.05, 0.1) is 0 Å². The zero-order chi connectivity index (χ0) is 16.6. The van der Waals surface area contributed by atoms with Crippen LogP contribution in [0.5, 0.6) is 0 Å². The fourth-order valence-electron chi connectivity index (χ4n) is 2.89. The van der Waals surface area contributed by atoms with E-state index in [0.717, 1.165) is 0 Å². The third-order valence-electron chi connectivity index (χ3n) is 4.52. The van der Waals surface area contributed by atoms with Crippen LogP contribution in [0.25, 0.3) is 0 Å². The monoisotopic (exact) mass is 305 g/mol. The van der Waals surface area contributed by atoms with Crippen molar-refractivity contribution in [3.05, 3.63) is 34.9 Å². The van der Waals surface area contributed by atoms with Crippen molar-refractivity contribution in [2.45, 2.75) is 91.4 Å². The molecular formula is C21H39N. The van der Waals surface area contributed by atoms with Crippen LogP contribution < -0.4 is 5.73 Å². The van der Waals surface area contributed by atoms with Crippen molar-refractivity contribution in [3.8, 4) is 0 Å². The first kappa shape index (κ1) is 21.2. The van der Waals surface area contributed by atoms with Crippen LogP contribution in [0, 0.1) is 13.8 Å². The Hall–Kier alpha value is -0.820. The van der Waals surface area contributed by atoms with Crippen LogP contribution >= 0.6 is 0 Å². The number of hydrogen-bond acceptors (Lipinski definition) is 1. The van der Waals surface area contributed by atoms with E-state index in [0.29, 0.717) is 0 Å². The molecule has 0 atom stereocenters. The molecule has 0 unspecified atom stereocenters. The maximum absolute atomic E-state index is 4.50. The topological polar surface area (TPSA) is 26.0 Å². The number of benzene rings is 1. The van der Waals surface area contributed by atoms with E-state index in [9.17, 15) is 0 Å².